The average molecular weight is 336 g/mol. The number of hydrogen-bond donors (Lipinski definition) is 0. The molecule has 0 amide bonds. The fraction of sp³-hybridized carbons (Fsp3) is 0.192. The van der Waals surface area contributed by atoms with Crippen molar-refractivity contribution in [3.05, 3.63) is 118 Å². The highest BCUT2D eigenvalue weighted by Crippen LogP contribution is 2.59. The molecule has 1 saturated carbocycles. The summed E-state index contributed by atoms with van der Waals surface area (Å²) in [5, 5.41) is 0. The van der Waals surface area contributed by atoms with Crippen molar-refractivity contribution in [2.45, 2.75) is 26.2 Å². The van der Waals surface area contributed by atoms with Crippen LogP contribution < -0.4 is 0 Å². The van der Waals surface area contributed by atoms with Gasteiger partial charge >= 0.3 is 0 Å². The maximum atomic E-state index is 3.81. The van der Waals surface area contributed by atoms with Gasteiger partial charge < -0.3 is 0 Å². The zero-order valence-electron chi connectivity index (χ0n) is 15.7. The van der Waals surface area contributed by atoms with Crippen LogP contribution in [0.1, 0.15) is 36.1 Å². The van der Waals surface area contributed by atoms with Gasteiger partial charge in [0.25, 0.3) is 0 Å². The first-order valence-corrected chi connectivity index (χ1v) is 9.30. The lowest BCUT2D eigenvalue weighted by Crippen LogP contribution is -2.03. The van der Waals surface area contributed by atoms with Crippen LogP contribution in [0.3, 0.4) is 0 Å². The van der Waals surface area contributed by atoms with E-state index in [2.05, 4.69) is 111 Å². The van der Waals surface area contributed by atoms with E-state index in [1.165, 1.54) is 33.4 Å². The van der Waals surface area contributed by atoms with Crippen LogP contribution in [0, 0.1) is 12.8 Å². The lowest BCUT2D eigenvalue weighted by molar-refractivity contribution is 0.706. The molecule has 0 bridgehead atoms. The van der Waals surface area contributed by atoms with E-state index in [-0.39, 0.29) is 5.41 Å². The second-order valence-electron chi connectivity index (χ2n) is 7.44. The molecule has 26 heavy (non-hydrogen) atoms. The highest BCUT2D eigenvalue weighted by molar-refractivity contribution is 5.80. The lowest BCUT2D eigenvalue weighted by Gasteiger charge is -2.10. The SMILES string of the molecule is Cc1ccc(C2(C)C(=C=C(c3ccccc3)c3ccccc3)C2C)cc1. The Morgan fingerprint density at radius 1 is 0.769 bits per heavy atom. The Morgan fingerprint density at radius 2 is 1.27 bits per heavy atom. The lowest BCUT2D eigenvalue weighted by atomic mass is 9.93. The summed E-state index contributed by atoms with van der Waals surface area (Å²) in [7, 11) is 0. The van der Waals surface area contributed by atoms with E-state index in [1.807, 2.05) is 0 Å². The van der Waals surface area contributed by atoms with Gasteiger partial charge in [-0.3, -0.25) is 0 Å². The predicted molar refractivity (Wildman–Crippen MR) is 110 cm³/mol. The second-order valence-corrected chi connectivity index (χ2v) is 7.44. The van der Waals surface area contributed by atoms with Gasteiger partial charge in [-0.25, -0.2) is 0 Å². The minimum Gasteiger partial charge on any atom is -0.111 e. The zero-order chi connectivity index (χ0) is 18.1. The smallest absolute Gasteiger partial charge is 0.0309 e. The van der Waals surface area contributed by atoms with Crippen molar-refractivity contribution in [2.24, 2.45) is 5.92 Å². The topological polar surface area (TPSA) is 0 Å². The molecule has 3 aromatic rings. The fourth-order valence-electron chi connectivity index (χ4n) is 3.82. The predicted octanol–water partition coefficient (Wildman–Crippen LogP) is 6.56. The van der Waals surface area contributed by atoms with Crippen LogP contribution in [0.4, 0.5) is 0 Å². The molecular formula is C26H24. The summed E-state index contributed by atoms with van der Waals surface area (Å²) >= 11 is 0. The summed E-state index contributed by atoms with van der Waals surface area (Å²) in [5.41, 5.74) is 11.6. The molecule has 0 spiro atoms. The van der Waals surface area contributed by atoms with Crippen molar-refractivity contribution in [2.75, 3.05) is 0 Å². The van der Waals surface area contributed by atoms with Gasteiger partial charge in [-0.1, -0.05) is 104 Å². The standard InChI is InChI=1S/C26H24/c1-19-14-16-23(17-15-19)26(3)20(2)25(26)18-24(21-10-6-4-7-11-21)22-12-8-5-9-13-22/h4-17,20H,1-3H3. The molecule has 0 heteroatoms. The van der Waals surface area contributed by atoms with Crippen molar-refractivity contribution >= 4 is 5.57 Å². The van der Waals surface area contributed by atoms with Crippen LogP contribution in [0.25, 0.3) is 5.57 Å². The van der Waals surface area contributed by atoms with E-state index in [0.29, 0.717) is 5.92 Å². The van der Waals surface area contributed by atoms with E-state index in [9.17, 15) is 0 Å². The first-order valence-electron chi connectivity index (χ1n) is 9.30. The molecule has 2 atom stereocenters. The monoisotopic (exact) mass is 336 g/mol. The Morgan fingerprint density at radius 3 is 1.77 bits per heavy atom. The first-order chi connectivity index (χ1) is 12.6. The number of benzene rings is 3. The Hall–Kier alpha value is -2.82. The summed E-state index contributed by atoms with van der Waals surface area (Å²) in [6.45, 7) is 6.80. The minimum atomic E-state index is 0.0858. The number of rotatable bonds is 3. The maximum absolute atomic E-state index is 3.81. The molecule has 1 fully saturated rings. The van der Waals surface area contributed by atoms with Crippen molar-refractivity contribution in [1.82, 2.24) is 0 Å². The van der Waals surface area contributed by atoms with Gasteiger partial charge in [0.05, 0.1) is 0 Å². The Balaban J connectivity index is 1.88. The highest BCUT2D eigenvalue weighted by atomic mass is 14.6. The molecule has 3 aromatic carbocycles. The maximum Gasteiger partial charge on any atom is 0.0309 e. The third kappa shape index (κ3) is 2.83. The number of aryl methyl sites for hydroxylation is 1. The zero-order valence-corrected chi connectivity index (χ0v) is 15.7. The van der Waals surface area contributed by atoms with Crippen molar-refractivity contribution in [3.63, 3.8) is 0 Å². The van der Waals surface area contributed by atoms with Crippen LogP contribution in [-0.2, 0) is 5.41 Å². The molecule has 2 unspecified atom stereocenters. The van der Waals surface area contributed by atoms with Crippen LogP contribution in [0.15, 0.2) is 96.2 Å². The van der Waals surface area contributed by atoms with Gasteiger partial charge in [0, 0.05) is 11.0 Å². The summed E-state index contributed by atoms with van der Waals surface area (Å²) < 4.78 is 0. The fourth-order valence-corrected chi connectivity index (χ4v) is 3.82. The number of allylic oxidation sites excluding steroid dienone is 1. The van der Waals surface area contributed by atoms with E-state index < -0.39 is 0 Å². The van der Waals surface area contributed by atoms with Gasteiger partial charge in [0.15, 0.2) is 0 Å². The van der Waals surface area contributed by atoms with E-state index in [0.717, 1.165) is 0 Å². The largest absolute Gasteiger partial charge is 0.111 e. The summed E-state index contributed by atoms with van der Waals surface area (Å²) in [4.78, 5) is 0. The molecule has 128 valence electrons. The molecule has 1 aliphatic rings. The molecule has 4 rings (SSSR count). The Labute approximate surface area is 156 Å². The van der Waals surface area contributed by atoms with Crippen LogP contribution >= 0.6 is 0 Å². The average Bonchev–Trinajstić information content (AvgIpc) is 3.22. The normalized spacial score (nSPS) is 21.2. The quantitative estimate of drug-likeness (QED) is 0.475. The number of hydrogen-bond acceptors (Lipinski definition) is 0. The molecular weight excluding hydrogens is 312 g/mol. The van der Waals surface area contributed by atoms with Gasteiger partial charge in [-0.15, -0.1) is 5.73 Å². The summed E-state index contributed by atoms with van der Waals surface area (Å²) in [6.07, 6.45) is 0. The van der Waals surface area contributed by atoms with Crippen molar-refractivity contribution in [1.29, 1.82) is 0 Å². The van der Waals surface area contributed by atoms with Crippen LogP contribution in [0.5, 0.6) is 0 Å². The molecule has 1 aliphatic carbocycles. The molecule has 0 N–H and O–H groups in total. The summed E-state index contributed by atoms with van der Waals surface area (Å²) in [5.74, 6) is 0.507. The molecule has 0 aliphatic heterocycles. The van der Waals surface area contributed by atoms with Gasteiger partial charge in [-0.2, -0.15) is 0 Å². The summed E-state index contributed by atoms with van der Waals surface area (Å²) in [6, 6.07) is 30.2. The Bertz CT molecular complexity index is 930. The molecule has 0 saturated heterocycles. The molecule has 0 nitrogen and oxygen atoms in total. The van der Waals surface area contributed by atoms with Gasteiger partial charge in [0.1, 0.15) is 0 Å². The minimum absolute atomic E-state index is 0.0858. The third-order valence-corrected chi connectivity index (χ3v) is 5.81. The van der Waals surface area contributed by atoms with Crippen molar-refractivity contribution < 1.29 is 0 Å². The Kier molecular flexibility index (Phi) is 4.15. The second kappa shape index (κ2) is 6.48. The van der Waals surface area contributed by atoms with E-state index in [1.54, 1.807) is 0 Å². The molecule has 0 radical (unpaired) electrons. The van der Waals surface area contributed by atoms with Crippen molar-refractivity contribution in [3.8, 4) is 0 Å². The van der Waals surface area contributed by atoms with E-state index >= 15 is 0 Å². The van der Waals surface area contributed by atoms with E-state index in [4.69, 9.17) is 0 Å². The highest BCUT2D eigenvalue weighted by Gasteiger charge is 2.54. The molecule has 0 aromatic heterocycles. The first kappa shape index (κ1) is 16.6. The van der Waals surface area contributed by atoms with Gasteiger partial charge in [0.2, 0.25) is 0 Å². The van der Waals surface area contributed by atoms with Crippen LogP contribution in [-0.4, -0.2) is 0 Å². The molecule has 0 heterocycles. The third-order valence-electron chi connectivity index (χ3n) is 5.81. The van der Waals surface area contributed by atoms with Crippen LogP contribution in [0.2, 0.25) is 0 Å². The van der Waals surface area contributed by atoms with Gasteiger partial charge in [-0.05, 0) is 35.1 Å².